The van der Waals surface area contributed by atoms with Crippen LogP contribution in [-0.2, 0) is 14.6 Å². The first-order valence-corrected chi connectivity index (χ1v) is 5.85. The zero-order valence-electron chi connectivity index (χ0n) is 11.2. The third-order valence-electron chi connectivity index (χ3n) is 1.42. The summed E-state index contributed by atoms with van der Waals surface area (Å²) in [6.45, 7) is 10.4. The molecule has 16 heavy (non-hydrogen) atoms. The standard InChI is InChI=1S/C6H14O2.C6H12O2/c1-5-7-8-6(2,3)4;1-2-3-4-5-6(7)8/h5H2,1-4H3;2-5H2,1H3,(H,7,8). The Hall–Kier alpha value is -0.610. The summed E-state index contributed by atoms with van der Waals surface area (Å²) in [5.41, 5.74) is -0.171. The molecule has 0 unspecified atom stereocenters. The summed E-state index contributed by atoms with van der Waals surface area (Å²) in [4.78, 5) is 19.5. The van der Waals surface area contributed by atoms with Gasteiger partial charge in [-0.1, -0.05) is 19.8 Å². The molecule has 0 amide bonds. The van der Waals surface area contributed by atoms with Gasteiger partial charge in [0.25, 0.3) is 0 Å². The number of unbranched alkanes of at least 4 members (excludes halogenated alkanes) is 2. The SMILES string of the molecule is CCCCCC(=O)O.CCOOC(C)(C)C. The fraction of sp³-hybridized carbons (Fsp3) is 0.917. The van der Waals surface area contributed by atoms with Crippen molar-refractivity contribution >= 4 is 5.97 Å². The molecule has 0 spiro atoms. The van der Waals surface area contributed by atoms with Crippen LogP contribution in [0.5, 0.6) is 0 Å². The molecule has 0 aromatic rings. The lowest BCUT2D eigenvalue weighted by molar-refractivity contribution is -0.345. The quantitative estimate of drug-likeness (QED) is 0.435. The van der Waals surface area contributed by atoms with Gasteiger partial charge in [-0.2, -0.15) is 0 Å². The molecule has 0 rings (SSSR count). The van der Waals surface area contributed by atoms with Crippen molar-refractivity contribution in [3.05, 3.63) is 0 Å². The maximum atomic E-state index is 9.87. The fourth-order valence-corrected chi connectivity index (χ4v) is 0.762. The molecule has 0 bridgehead atoms. The molecule has 0 atom stereocenters. The van der Waals surface area contributed by atoms with Crippen LogP contribution < -0.4 is 0 Å². The molecule has 0 radical (unpaired) electrons. The van der Waals surface area contributed by atoms with E-state index in [2.05, 4.69) is 6.92 Å². The van der Waals surface area contributed by atoms with E-state index < -0.39 is 5.97 Å². The highest BCUT2D eigenvalue weighted by Gasteiger charge is 2.09. The number of carboxylic acid groups (broad SMARTS) is 1. The van der Waals surface area contributed by atoms with Gasteiger partial charge in [0.2, 0.25) is 0 Å². The lowest BCUT2D eigenvalue weighted by Gasteiger charge is -2.16. The summed E-state index contributed by atoms with van der Waals surface area (Å²) in [6, 6.07) is 0. The summed E-state index contributed by atoms with van der Waals surface area (Å²) in [5.74, 6) is -0.682. The minimum atomic E-state index is -0.682. The van der Waals surface area contributed by atoms with Crippen LogP contribution in [0, 0.1) is 0 Å². The predicted molar refractivity (Wildman–Crippen MR) is 64.2 cm³/mol. The van der Waals surface area contributed by atoms with Crippen molar-refractivity contribution in [1.29, 1.82) is 0 Å². The van der Waals surface area contributed by atoms with E-state index in [4.69, 9.17) is 14.9 Å². The first-order valence-electron chi connectivity index (χ1n) is 5.85. The fourth-order valence-electron chi connectivity index (χ4n) is 0.762. The predicted octanol–water partition coefficient (Wildman–Crippen LogP) is 3.40. The number of aliphatic carboxylic acids is 1. The molecule has 0 aliphatic rings. The summed E-state index contributed by atoms with van der Waals surface area (Å²) >= 11 is 0. The van der Waals surface area contributed by atoms with E-state index in [0.29, 0.717) is 13.0 Å². The molecule has 0 saturated carbocycles. The van der Waals surface area contributed by atoms with Gasteiger partial charge in [-0.25, -0.2) is 9.78 Å². The molecule has 4 nitrogen and oxygen atoms in total. The van der Waals surface area contributed by atoms with Crippen molar-refractivity contribution in [1.82, 2.24) is 0 Å². The Balaban J connectivity index is 0. The summed E-state index contributed by atoms with van der Waals surface area (Å²) in [6.07, 6.45) is 3.28. The Labute approximate surface area is 98.9 Å². The second kappa shape index (κ2) is 10.9. The molecule has 0 aromatic carbocycles. The average molecular weight is 234 g/mol. The molecule has 0 aliphatic carbocycles. The Morgan fingerprint density at radius 1 is 1.19 bits per heavy atom. The number of hydrogen-bond acceptors (Lipinski definition) is 3. The third kappa shape index (κ3) is 23.3. The zero-order chi connectivity index (χ0) is 13.0. The first-order chi connectivity index (χ1) is 7.33. The molecule has 0 aromatic heterocycles. The van der Waals surface area contributed by atoms with Gasteiger partial charge in [-0.15, -0.1) is 0 Å². The van der Waals surface area contributed by atoms with Gasteiger partial charge in [-0.05, 0) is 34.1 Å². The molecule has 1 N–H and O–H groups in total. The molecule has 0 heterocycles. The second-order valence-corrected chi connectivity index (χ2v) is 4.45. The maximum Gasteiger partial charge on any atom is 0.303 e. The lowest BCUT2D eigenvalue weighted by Crippen LogP contribution is -2.19. The van der Waals surface area contributed by atoms with E-state index >= 15 is 0 Å². The third-order valence-corrected chi connectivity index (χ3v) is 1.42. The number of hydrogen-bond donors (Lipinski definition) is 1. The van der Waals surface area contributed by atoms with Crippen LogP contribution in [0.1, 0.15) is 60.3 Å². The highest BCUT2D eigenvalue weighted by Crippen LogP contribution is 2.05. The van der Waals surface area contributed by atoms with Gasteiger partial charge in [0.05, 0.1) is 12.2 Å². The van der Waals surface area contributed by atoms with Gasteiger partial charge in [0.1, 0.15) is 0 Å². The second-order valence-electron chi connectivity index (χ2n) is 4.45. The highest BCUT2D eigenvalue weighted by molar-refractivity contribution is 5.66. The average Bonchev–Trinajstić information content (AvgIpc) is 2.14. The smallest absolute Gasteiger partial charge is 0.303 e. The minimum Gasteiger partial charge on any atom is -0.481 e. The molecular weight excluding hydrogens is 208 g/mol. The monoisotopic (exact) mass is 234 g/mol. The Bertz CT molecular complexity index is 161. The van der Waals surface area contributed by atoms with Crippen molar-refractivity contribution < 1.29 is 19.7 Å². The topological polar surface area (TPSA) is 55.8 Å². The largest absolute Gasteiger partial charge is 0.481 e. The highest BCUT2D eigenvalue weighted by atomic mass is 17.2. The van der Waals surface area contributed by atoms with Crippen LogP contribution in [0.2, 0.25) is 0 Å². The minimum absolute atomic E-state index is 0.171. The van der Waals surface area contributed by atoms with Crippen molar-refractivity contribution in [2.24, 2.45) is 0 Å². The van der Waals surface area contributed by atoms with Gasteiger partial charge in [0, 0.05) is 6.42 Å². The normalized spacial score (nSPS) is 10.6. The zero-order valence-corrected chi connectivity index (χ0v) is 11.2. The molecule has 0 saturated heterocycles. The van der Waals surface area contributed by atoms with Gasteiger partial charge < -0.3 is 5.11 Å². The van der Waals surface area contributed by atoms with E-state index in [0.717, 1.165) is 19.3 Å². The van der Waals surface area contributed by atoms with Crippen molar-refractivity contribution in [2.75, 3.05) is 6.61 Å². The molecular formula is C12H26O4. The Morgan fingerprint density at radius 2 is 1.75 bits per heavy atom. The number of rotatable bonds is 6. The Morgan fingerprint density at radius 3 is 2.00 bits per heavy atom. The van der Waals surface area contributed by atoms with Crippen LogP contribution in [0.15, 0.2) is 0 Å². The van der Waals surface area contributed by atoms with Gasteiger partial charge in [-0.3, -0.25) is 4.79 Å². The van der Waals surface area contributed by atoms with Crippen LogP contribution in [-0.4, -0.2) is 23.3 Å². The van der Waals surface area contributed by atoms with Crippen LogP contribution in [0.3, 0.4) is 0 Å². The summed E-state index contributed by atoms with van der Waals surface area (Å²) in [5, 5.41) is 8.14. The van der Waals surface area contributed by atoms with Crippen molar-refractivity contribution in [2.45, 2.75) is 65.9 Å². The summed E-state index contributed by atoms with van der Waals surface area (Å²) < 4.78 is 0. The van der Waals surface area contributed by atoms with Crippen LogP contribution in [0.25, 0.3) is 0 Å². The van der Waals surface area contributed by atoms with E-state index in [1.54, 1.807) is 0 Å². The summed E-state index contributed by atoms with van der Waals surface area (Å²) in [7, 11) is 0. The van der Waals surface area contributed by atoms with Gasteiger partial charge >= 0.3 is 5.97 Å². The van der Waals surface area contributed by atoms with E-state index in [9.17, 15) is 4.79 Å². The molecule has 0 fully saturated rings. The maximum absolute atomic E-state index is 9.87. The van der Waals surface area contributed by atoms with Crippen LogP contribution >= 0.6 is 0 Å². The molecule has 98 valence electrons. The van der Waals surface area contributed by atoms with E-state index in [-0.39, 0.29) is 5.60 Å². The molecule has 4 heteroatoms. The lowest BCUT2D eigenvalue weighted by atomic mass is 10.2. The van der Waals surface area contributed by atoms with Crippen molar-refractivity contribution in [3.63, 3.8) is 0 Å². The first kappa shape index (κ1) is 17.8. The van der Waals surface area contributed by atoms with Crippen LogP contribution in [0.4, 0.5) is 0 Å². The number of carboxylic acids is 1. The van der Waals surface area contributed by atoms with Crippen molar-refractivity contribution in [3.8, 4) is 0 Å². The van der Waals surface area contributed by atoms with E-state index in [1.165, 1.54) is 0 Å². The van der Waals surface area contributed by atoms with Gasteiger partial charge in [0.15, 0.2) is 0 Å². The Kier molecular flexibility index (Phi) is 12.1. The number of carbonyl (C=O) groups is 1. The van der Waals surface area contributed by atoms with E-state index in [1.807, 2.05) is 27.7 Å². The molecule has 0 aliphatic heterocycles.